The van der Waals surface area contributed by atoms with Crippen molar-refractivity contribution in [1.82, 2.24) is 0 Å². The Morgan fingerprint density at radius 3 is 1.64 bits per heavy atom. The summed E-state index contributed by atoms with van der Waals surface area (Å²) in [7, 11) is 0. The smallest absolute Gasteiger partial charge is 1.00 e. The second kappa shape index (κ2) is 2.57. The summed E-state index contributed by atoms with van der Waals surface area (Å²) in [6.07, 6.45) is 0. The van der Waals surface area contributed by atoms with Gasteiger partial charge in [-0.3, -0.25) is 0 Å². The zero-order chi connectivity index (χ0) is 8.81. The Labute approximate surface area is 82.9 Å². The van der Waals surface area contributed by atoms with Crippen molar-refractivity contribution in [3.05, 3.63) is 20.8 Å². The fraction of sp³-hybridized carbons (Fsp3) is 0.600. The predicted octanol–water partition coefficient (Wildman–Crippen LogP) is 3.41. The quantitative estimate of drug-likeness (QED) is 0.639. The first-order chi connectivity index (χ1) is 4.89. The minimum absolute atomic E-state index is 0. The van der Waals surface area contributed by atoms with E-state index in [2.05, 4.69) is 53.5 Å². The Balaban J connectivity index is 0. The first-order valence-corrected chi connectivity index (χ1v) is 5.11. The Kier molecular flexibility index (Phi) is 2.15. The van der Waals surface area contributed by atoms with Crippen molar-refractivity contribution in [1.29, 1.82) is 0 Å². The van der Waals surface area contributed by atoms with Gasteiger partial charge in [0.05, 0.1) is 0 Å². The Bertz CT molecular complexity index is 236. The molecule has 0 aromatic rings. The van der Waals surface area contributed by atoms with Gasteiger partial charge in [0.25, 0.3) is 0 Å². The zero-order valence-electron chi connectivity index (χ0n) is 9.83. The topological polar surface area (TPSA) is 0 Å². The van der Waals surface area contributed by atoms with Crippen LogP contribution < -0.4 is 0 Å². The van der Waals surface area contributed by atoms with E-state index < -0.39 is 0 Å². The molecule has 0 bridgehead atoms. The normalized spacial score (nSPS) is 23.5. The third-order valence-corrected chi connectivity index (χ3v) is 5.29. The van der Waals surface area contributed by atoms with Gasteiger partial charge in [0.1, 0.15) is 0 Å². The molecule has 1 aliphatic rings. The van der Waals surface area contributed by atoms with E-state index in [4.69, 9.17) is 0 Å². The molecule has 0 saturated carbocycles. The van der Waals surface area contributed by atoms with Crippen LogP contribution in [-0.2, 0) is 18.9 Å². The Morgan fingerprint density at radius 1 is 1.09 bits per heavy atom. The molecule has 0 aliphatic heterocycles. The summed E-state index contributed by atoms with van der Waals surface area (Å²) in [4.78, 5) is 0. The van der Waals surface area contributed by atoms with Gasteiger partial charge in [-0.05, 0) is 0 Å². The number of allylic oxidation sites excluding steroid dienone is 4. The van der Waals surface area contributed by atoms with E-state index in [1.807, 2.05) is 0 Å². The van der Waals surface area contributed by atoms with Crippen LogP contribution in [0, 0.1) is 5.41 Å². The molecule has 0 saturated heterocycles. The van der Waals surface area contributed by atoms with Crippen molar-refractivity contribution in [2.75, 3.05) is 0 Å². The molecule has 0 amide bonds. The molecule has 0 atom stereocenters. The molecule has 0 N–H and O–H groups in total. The van der Waals surface area contributed by atoms with E-state index in [-0.39, 0.29) is 2.85 Å². The van der Waals surface area contributed by atoms with E-state index in [0.717, 1.165) is 0 Å². The molecular formula is C10H17Ir. The molecule has 0 radical (unpaired) electrons. The summed E-state index contributed by atoms with van der Waals surface area (Å²) < 4.78 is 1.53. The van der Waals surface area contributed by atoms with Crippen LogP contribution in [0.4, 0.5) is 0 Å². The fourth-order valence-electron chi connectivity index (χ4n) is 1.53. The molecule has 0 aromatic heterocycles. The third kappa shape index (κ3) is 1.15. The van der Waals surface area contributed by atoms with Crippen LogP contribution >= 0.6 is 0 Å². The van der Waals surface area contributed by atoms with Gasteiger partial charge in [0.2, 0.25) is 0 Å². The molecule has 1 rings (SSSR count). The zero-order valence-corrected chi connectivity index (χ0v) is 10.2. The second-order valence-electron chi connectivity index (χ2n) is 3.79. The first-order valence-electron chi connectivity index (χ1n) is 3.92. The number of hydrogen-bond acceptors (Lipinski definition) is 0. The van der Waals surface area contributed by atoms with Crippen molar-refractivity contribution in [2.45, 2.75) is 34.6 Å². The van der Waals surface area contributed by atoms with Crippen molar-refractivity contribution in [2.24, 2.45) is 5.41 Å². The van der Waals surface area contributed by atoms with Crippen molar-refractivity contribution in [3.8, 4) is 0 Å². The van der Waals surface area contributed by atoms with E-state index in [9.17, 15) is 0 Å². The van der Waals surface area contributed by atoms with E-state index in [0.29, 0.717) is 5.41 Å². The maximum absolute atomic E-state index is 2.30. The number of rotatable bonds is 0. The molecule has 0 unspecified atom stereocenters. The van der Waals surface area contributed by atoms with Crippen LogP contribution in [0.2, 0.25) is 0 Å². The summed E-state index contributed by atoms with van der Waals surface area (Å²) in [5, 5.41) is 0. The predicted molar refractivity (Wildman–Crippen MR) is 47.1 cm³/mol. The summed E-state index contributed by atoms with van der Waals surface area (Å²) in [6.45, 7) is 11.3. The average Bonchev–Trinajstić information content (AvgIpc) is 2.06. The largest absolute Gasteiger partial charge is 1.00 e. The van der Waals surface area contributed by atoms with Crippen LogP contribution in [0.1, 0.15) is 37.5 Å². The van der Waals surface area contributed by atoms with Gasteiger partial charge < -0.3 is 2.85 Å². The van der Waals surface area contributed by atoms with Crippen LogP contribution in [0.25, 0.3) is 0 Å². The molecule has 0 heterocycles. The van der Waals surface area contributed by atoms with Gasteiger partial charge in [-0.1, -0.05) is 0 Å². The van der Waals surface area contributed by atoms with Gasteiger partial charge in [0, 0.05) is 0 Å². The molecule has 0 aromatic carbocycles. The molecule has 0 fully saturated rings. The standard InChI is InChI=1S/C10H15.Ir.2H/c1-7-6-10(4,5)9(3)8(7)2;;;/h1-5H3;;;/q;+2;2*-1. The minimum Gasteiger partial charge on any atom is -1.00 e. The molecule has 1 heteroatoms. The Hall–Kier alpha value is 0.129. The molecule has 11 heavy (non-hydrogen) atoms. The van der Waals surface area contributed by atoms with Crippen molar-refractivity contribution in [3.63, 3.8) is 0 Å². The Morgan fingerprint density at radius 2 is 1.55 bits per heavy atom. The van der Waals surface area contributed by atoms with Gasteiger partial charge in [-0.15, -0.1) is 0 Å². The van der Waals surface area contributed by atoms with E-state index >= 15 is 0 Å². The minimum atomic E-state index is 0. The first kappa shape index (κ1) is 9.22. The maximum Gasteiger partial charge on any atom is -1.00 e. The van der Waals surface area contributed by atoms with Crippen LogP contribution in [-0.4, -0.2) is 0 Å². The van der Waals surface area contributed by atoms with Crippen LogP contribution in [0.3, 0.4) is 0 Å². The summed E-state index contributed by atoms with van der Waals surface area (Å²) in [5.41, 5.74) is 4.83. The maximum atomic E-state index is 2.30. The second-order valence-corrected chi connectivity index (χ2v) is 4.99. The summed E-state index contributed by atoms with van der Waals surface area (Å²) in [5.74, 6) is 0. The molecule has 66 valence electrons. The molecule has 0 spiro atoms. The van der Waals surface area contributed by atoms with Crippen LogP contribution in [0.15, 0.2) is 20.8 Å². The summed E-state index contributed by atoms with van der Waals surface area (Å²) >= 11 is 2.25. The van der Waals surface area contributed by atoms with Gasteiger partial charge in [-0.2, -0.15) is 0 Å². The monoisotopic (exact) mass is 330 g/mol. The molecule has 0 nitrogen and oxygen atoms in total. The van der Waals surface area contributed by atoms with Gasteiger partial charge >= 0.3 is 79.7 Å². The SMILES string of the molecule is CC1=C(C)C(C)(C)[C]([Ir+2])=C1C.[H-].[H-]. The van der Waals surface area contributed by atoms with Gasteiger partial charge in [0.15, 0.2) is 0 Å². The van der Waals surface area contributed by atoms with Crippen LogP contribution in [0.5, 0.6) is 0 Å². The van der Waals surface area contributed by atoms with Crippen molar-refractivity contribution >= 4 is 0 Å². The number of hydrogen-bond donors (Lipinski definition) is 0. The molecule has 1 aliphatic carbocycles. The van der Waals surface area contributed by atoms with E-state index in [1.54, 1.807) is 0 Å². The van der Waals surface area contributed by atoms with E-state index in [1.165, 1.54) is 20.8 Å². The third-order valence-electron chi connectivity index (χ3n) is 2.90. The average molecular weight is 329 g/mol. The van der Waals surface area contributed by atoms with Gasteiger partial charge in [-0.25, -0.2) is 0 Å². The van der Waals surface area contributed by atoms with Crippen molar-refractivity contribution < 1.29 is 21.8 Å². The fourth-order valence-corrected chi connectivity index (χ4v) is 2.43. The molecular weight excluding hydrogens is 312 g/mol. The summed E-state index contributed by atoms with van der Waals surface area (Å²) in [6, 6.07) is 0.